The predicted octanol–water partition coefficient (Wildman–Crippen LogP) is -1.27. The van der Waals surface area contributed by atoms with Crippen LogP contribution in [0.3, 0.4) is 0 Å². The van der Waals surface area contributed by atoms with Gasteiger partial charge >= 0.3 is 0 Å². The summed E-state index contributed by atoms with van der Waals surface area (Å²) in [5.41, 5.74) is 0. The van der Waals surface area contributed by atoms with E-state index < -0.39 is 0 Å². The van der Waals surface area contributed by atoms with Crippen LogP contribution >= 0.6 is 0 Å². The SMILES string of the molecule is BC#CCNC(=O)CCOC. The van der Waals surface area contributed by atoms with Crippen molar-refractivity contribution in [3.8, 4) is 11.7 Å². The lowest BCUT2D eigenvalue weighted by Crippen LogP contribution is -2.24. The molecule has 0 saturated carbocycles. The summed E-state index contributed by atoms with van der Waals surface area (Å²) in [6.45, 7) is 0.893. The molecular weight excluding hydrogens is 141 g/mol. The summed E-state index contributed by atoms with van der Waals surface area (Å²) < 4.78 is 4.72. The normalized spacial score (nSPS) is 8.09. The summed E-state index contributed by atoms with van der Waals surface area (Å²) >= 11 is 0. The number of hydrogen-bond donors (Lipinski definition) is 1. The average molecular weight is 153 g/mol. The van der Waals surface area contributed by atoms with Crippen LogP contribution in [-0.2, 0) is 9.53 Å². The van der Waals surface area contributed by atoms with Gasteiger partial charge in [0.1, 0.15) is 0 Å². The second kappa shape index (κ2) is 7.17. The number of nitrogens with one attached hydrogen (secondary N) is 1. The Morgan fingerprint density at radius 2 is 2.45 bits per heavy atom. The molecule has 0 atom stereocenters. The number of methoxy groups -OCH3 is 1. The Labute approximate surface area is 67.9 Å². The molecule has 4 heteroatoms. The molecule has 0 fully saturated rings. The van der Waals surface area contributed by atoms with E-state index in [1.165, 1.54) is 0 Å². The second-order valence-electron chi connectivity index (χ2n) is 1.95. The van der Waals surface area contributed by atoms with Crippen molar-refractivity contribution in [2.75, 3.05) is 20.3 Å². The molecule has 0 heterocycles. The standard InChI is InChI=1S/C7H12BNO2/c1-11-6-3-7(10)9-5-2-4-8/h3,5-6,8H2,1H3,(H,9,10). The molecule has 0 spiro atoms. The van der Waals surface area contributed by atoms with Gasteiger partial charge < -0.3 is 10.1 Å². The summed E-state index contributed by atoms with van der Waals surface area (Å²) in [6, 6.07) is 0. The van der Waals surface area contributed by atoms with Crippen molar-refractivity contribution in [1.82, 2.24) is 5.32 Å². The van der Waals surface area contributed by atoms with Crippen LogP contribution in [0.1, 0.15) is 6.42 Å². The van der Waals surface area contributed by atoms with E-state index in [-0.39, 0.29) is 5.91 Å². The first-order valence-corrected chi connectivity index (χ1v) is 3.46. The molecular formula is C7H12BNO2. The highest BCUT2D eigenvalue weighted by Crippen LogP contribution is 1.78. The maximum absolute atomic E-state index is 10.8. The van der Waals surface area contributed by atoms with Gasteiger partial charge in [-0.05, 0) is 0 Å². The summed E-state index contributed by atoms with van der Waals surface area (Å²) in [4.78, 5) is 10.8. The lowest BCUT2D eigenvalue weighted by atomic mass is 10.2. The third-order valence-electron chi connectivity index (χ3n) is 1.08. The molecule has 3 nitrogen and oxygen atoms in total. The first kappa shape index (κ1) is 10.1. The zero-order valence-corrected chi connectivity index (χ0v) is 6.94. The maximum atomic E-state index is 10.8. The molecule has 0 unspecified atom stereocenters. The monoisotopic (exact) mass is 153 g/mol. The van der Waals surface area contributed by atoms with Gasteiger partial charge in [0.05, 0.1) is 13.2 Å². The molecule has 11 heavy (non-hydrogen) atoms. The Morgan fingerprint density at radius 3 is 3.00 bits per heavy atom. The summed E-state index contributed by atoms with van der Waals surface area (Å²) in [6.07, 6.45) is 0.405. The van der Waals surface area contributed by atoms with Crippen LogP contribution in [0.4, 0.5) is 0 Å². The van der Waals surface area contributed by atoms with Crippen molar-refractivity contribution in [2.45, 2.75) is 6.42 Å². The topological polar surface area (TPSA) is 38.3 Å². The number of hydrogen-bond acceptors (Lipinski definition) is 2. The van der Waals surface area contributed by atoms with Crippen LogP contribution in [0.5, 0.6) is 0 Å². The molecule has 0 aromatic carbocycles. The van der Waals surface area contributed by atoms with Gasteiger partial charge in [-0.25, -0.2) is 0 Å². The van der Waals surface area contributed by atoms with E-state index in [1.54, 1.807) is 15.0 Å². The van der Waals surface area contributed by atoms with Gasteiger partial charge in [-0.3, -0.25) is 4.79 Å². The highest BCUT2D eigenvalue weighted by atomic mass is 16.5. The van der Waals surface area contributed by atoms with Crippen LogP contribution in [0.15, 0.2) is 0 Å². The molecule has 0 rings (SSSR count). The number of rotatable bonds is 4. The summed E-state index contributed by atoms with van der Waals surface area (Å²) in [7, 11) is 3.31. The van der Waals surface area contributed by atoms with Gasteiger partial charge in [-0.1, -0.05) is 5.92 Å². The first-order valence-electron chi connectivity index (χ1n) is 3.46. The van der Waals surface area contributed by atoms with E-state index >= 15 is 0 Å². The third-order valence-corrected chi connectivity index (χ3v) is 1.08. The van der Waals surface area contributed by atoms with Crippen LogP contribution in [0, 0.1) is 11.7 Å². The quantitative estimate of drug-likeness (QED) is 0.404. The number of ether oxygens (including phenoxy) is 1. The molecule has 60 valence electrons. The Morgan fingerprint density at radius 1 is 1.73 bits per heavy atom. The molecule has 0 aromatic heterocycles. The van der Waals surface area contributed by atoms with Crippen molar-refractivity contribution >= 4 is 13.8 Å². The van der Waals surface area contributed by atoms with Crippen molar-refractivity contribution in [3.63, 3.8) is 0 Å². The van der Waals surface area contributed by atoms with Gasteiger partial charge in [0.15, 0.2) is 7.85 Å². The minimum Gasteiger partial charge on any atom is -0.384 e. The molecule has 1 amide bonds. The Balaban J connectivity index is 3.27. The fraction of sp³-hybridized carbons (Fsp3) is 0.571. The van der Waals surface area contributed by atoms with Crippen LogP contribution in [-0.4, -0.2) is 34.0 Å². The maximum Gasteiger partial charge on any atom is 0.223 e. The van der Waals surface area contributed by atoms with Crippen LogP contribution in [0.2, 0.25) is 0 Å². The molecule has 0 aliphatic heterocycles. The molecule has 0 saturated heterocycles. The first-order chi connectivity index (χ1) is 5.31. The Hall–Kier alpha value is -0.945. The fourth-order valence-electron chi connectivity index (χ4n) is 0.514. The van der Waals surface area contributed by atoms with Crippen molar-refractivity contribution in [3.05, 3.63) is 0 Å². The Kier molecular flexibility index (Phi) is 6.55. The van der Waals surface area contributed by atoms with Crippen molar-refractivity contribution in [2.24, 2.45) is 0 Å². The molecule has 0 aliphatic carbocycles. The second-order valence-corrected chi connectivity index (χ2v) is 1.95. The van der Waals surface area contributed by atoms with Gasteiger partial charge in [0, 0.05) is 13.5 Å². The zero-order chi connectivity index (χ0) is 8.53. The average Bonchev–Trinajstić information content (AvgIpc) is 2.01. The van der Waals surface area contributed by atoms with Gasteiger partial charge in [-0.2, -0.15) is 5.82 Å². The van der Waals surface area contributed by atoms with E-state index in [0.717, 1.165) is 0 Å². The lowest BCUT2D eigenvalue weighted by molar-refractivity contribution is -0.121. The van der Waals surface area contributed by atoms with Gasteiger partial charge in [-0.15, -0.1) is 0 Å². The molecule has 0 bridgehead atoms. The number of carbonyl (C=O) groups is 1. The van der Waals surface area contributed by atoms with E-state index in [9.17, 15) is 4.79 Å². The fourth-order valence-corrected chi connectivity index (χ4v) is 0.514. The molecule has 0 aromatic rings. The zero-order valence-electron chi connectivity index (χ0n) is 6.94. The lowest BCUT2D eigenvalue weighted by Gasteiger charge is -1.98. The highest BCUT2D eigenvalue weighted by Gasteiger charge is 1.96. The van der Waals surface area contributed by atoms with E-state index in [0.29, 0.717) is 19.6 Å². The largest absolute Gasteiger partial charge is 0.384 e. The third kappa shape index (κ3) is 6.95. The minimum absolute atomic E-state index is 0.0189. The molecule has 0 radical (unpaired) electrons. The molecule has 1 N–H and O–H groups in total. The highest BCUT2D eigenvalue weighted by molar-refractivity contribution is 6.22. The minimum atomic E-state index is -0.0189. The van der Waals surface area contributed by atoms with Gasteiger partial charge in [0.25, 0.3) is 0 Å². The Bertz CT molecular complexity index is 171. The smallest absolute Gasteiger partial charge is 0.223 e. The van der Waals surface area contributed by atoms with Crippen LogP contribution < -0.4 is 5.32 Å². The van der Waals surface area contributed by atoms with Crippen LogP contribution in [0.25, 0.3) is 0 Å². The number of carbonyl (C=O) groups excluding carboxylic acids is 1. The molecule has 0 aliphatic rings. The predicted molar refractivity (Wildman–Crippen MR) is 45.8 cm³/mol. The summed E-state index contributed by atoms with van der Waals surface area (Å²) in [5, 5.41) is 2.63. The summed E-state index contributed by atoms with van der Waals surface area (Å²) in [5.74, 6) is 5.40. The van der Waals surface area contributed by atoms with Gasteiger partial charge in [0.2, 0.25) is 5.91 Å². The van der Waals surface area contributed by atoms with Crippen molar-refractivity contribution < 1.29 is 9.53 Å². The van der Waals surface area contributed by atoms with E-state index in [2.05, 4.69) is 17.1 Å². The van der Waals surface area contributed by atoms with E-state index in [4.69, 9.17) is 4.74 Å². The van der Waals surface area contributed by atoms with Crippen molar-refractivity contribution in [1.29, 1.82) is 0 Å². The van der Waals surface area contributed by atoms with E-state index in [1.807, 2.05) is 0 Å². The number of amides is 1.